The van der Waals surface area contributed by atoms with Crippen LogP contribution >= 0.6 is 0 Å². The number of rotatable bonds is 7. The smallest absolute Gasteiger partial charge is 0.289 e. The van der Waals surface area contributed by atoms with E-state index >= 15 is 0 Å². The zero-order valence-corrected chi connectivity index (χ0v) is 8.38. The first-order valence-corrected chi connectivity index (χ1v) is 4.56. The van der Waals surface area contributed by atoms with Crippen molar-refractivity contribution in [2.24, 2.45) is 5.84 Å². The van der Waals surface area contributed by atoms with Crippen LogP contribution in [-0.2, 0) is 9.59 Å². The average molecular weight is 199 g/mol. The highest BCUT2D eigenvalue weighted by Crippen LogP contribution is 1.96. The Morgan fingerprint density at radius 2 is 2.21 bits per heavy atom. The first-order valence-electron chi connectivity index (χ1n) is 4.56. The molecule has 0 aliphatic heterocycles. The molecule has 0 heterocycles. The highest BCUT2D eigenvalue weighted by molar-refractivity contribution is 6.38. The van der Waals surface area contributed by atoms with Crippen LogP contribution in [-0.4, -0.2) is 24.3 Å². The SMILES string of the molecule is C=CCNC(=O)C(=O)C(CCC)NN. The summed E-state index contributed by atoms with van der Waals surface area (Å²) < 4.78 is 0. The molecule has 4 N–H and O–H groups in total. The van der Waals surface area contributed by atoms with Crippen LogP contribution in [0.25, 0.3) is 0 Å². The van der Waals surface area contributed by atoms with Gasteiger partial charge in [0.25, 0.3) is 5.91 Å². The summed E-state index contributed by atoms with van der Waals surface area (Å²) in [7, 11) is 0. The quantitative estimate of drug-likeness (QED) is 0.223. The Bertz CT molecular complexity index is 216. The molecule has 0 aromatic rings. The summed E-state index contributed by atoms with van der Waals surface area (Å²) >= 11 is 0. The van der Waals surface area contributed by atoms with Crippen molar-refractivity contribution in [3.05, 3.63) is 12.7 Å². The standard InChI is InChI=1S/C9H17N3O2/c1-3-5-7(12-10)8(13)9(14)11-6-4-2/h4,7,12H,2-3,5-6,10H2,1H3,(H,11,14). The molecule has 5 nitrogen and oxygen atoms in total. The maximum atomic E-state index is 11.4. The van der Waals surface area contributed by atoms with Gasteiger partial charge in [-0.1, -0.05) is 19.4 Å². The Hall–Kier alpha value is -1.20. The predicted molar refractivity (Wildman–Crippen MR) is 54.2 cm³/mol. The maximum Gasteiger partial charge on any atom is 0.289 e. The van der Waals surface area contributed by atoms with Crippen molar-refractivity contribution < 1.29 is 9.59 Å². The Kier molecular flexibility index (Phi) is 6.61. The molecule has 1 unspecified atom stereocenters. The van der Waals surface area contributed by atoms with Crippen molar-refractivity contribution in [3.8, 4) is 0 Å². The summed E-state index contributed by atoms with van der Waals surface area (Å²) in [5, 5.41) is 2.40. The maximum absolute atomic E-state index is 11.4. The number of ketones is 1. The third-order valence-corrected chi connectivity index (χ3v) is 1.73. The molecule has 0 aromatic heterocycles. The summed E-state index contributed by atoms with van der Waals surface area (Å²) in [5.74, 6) is 4.00. The van der Waals surface area contributed by atoms with E-state index in [1.807, 2.05) is 6.92 Å². The van der Waals surface area contributed by atoms with Gasteiger partial charge in [-0.25, -0.2) is 5.43 Å². The molecule has 1 atom stereocenters. The fourth-order valence-electron chi connectivity index (χ4n) is 0.989. The first kappa shape index (κ1) is 12.8. The van der Waals surface area contributed by atoms with Crippen LogP contribution in [0.3, 0.4) is 0 Å². The molecule has 0 bridgehead atoms. The Balaban J connectivity index is 4.12. The third kappa shape index (κ3) is 4.15. The Morgan fingerprint density at radius 1 is 1.57 bits per heavy atom. The minimum Gasteiger partial charge on any atom is -0.346 e. The van der Waals surface area contributed by atoms with Gasteiger partial charge in [-0.3, -0.25) is 15.4 Å². The lowest BCUT2D eigenvalue weighted by molar-refractivity contribution is -0.139. The van der Waals surface area contributed by atoms with E-state index in [2.05, 4.69) is 17.3 Å². The van der Waals surface area contributed by atoms with Crippen molar-refractivity contribution in [1.29, 1.82) is 0 Å². The van der Waals surface area contributed by atoms with E-state index in [0.717, 1.165) is 6.42 Å². The van der Waals surface area contributed by atoms with Crippen molar-refractivity contribution >= 4 is 11.7 Å². The number of hydrazine groups is 1. The van der Waals surface area contributed by atoms with Gasteiger partial charge in [0, 0.05) is 6.54 Å². The van der Waals surface area contributed by atoms with Gasteiger partial charge in [-0.15, -0.1) is 6.58 Å². The van der Waals surface area contributed by atoms with Gasteiger partial charge in [-0.2, -0.15) is 0 Å². The minimum atomic E-state index is -0.624. The normalized spacial score (nSPS) is 11.9. The molecule has 1 amide bonds. The van der Waals surface area contributed by atoms with Crippen LogP contribution in [0.4, 0.5) is 0 Å². The molecule has 0 radical (unpaired) electrons. The van der Waals surface area contributed by atoms with Crippen molar-refractivity contribution in [2.75, 3.05) is 6.54 Å². The van der Waals surface area contributed by atoms with Gasteiger partial charge in [0.15, 0.2) is 0 Å². The molecule has 14 heavy (non-hydrogen) atoms. The molecule has 0 saturated carbocycles. The summed E-state index contributed by atoms with van der Waals surface area (Å²) in [6, 6.07) is -0.593. The van der Waals surface area contributed by atoms with Gasteiger partial charge in [0.2, 0.25) is 5.78 Å². The Morgan fingerprint density at radius 3 is 2.64 bits per heavy atom. The third-order valence-electron chi connectivity index (χ3n) is 1.73. The lowest BCUT2D eigenvalue weighted by atomic mass is 10.1. The van der Waals surface area contributed by atoms with E-state index in [9.17, 15) is 9.59 Å². The monoisotopic (exact) mass is 199 g/mol. The number of hydrogen-bond acceptors (Lipinski definition) is 4. The van der Waals surface area contributed by atoms with Crippen LogP contribution in [0.2, 0.25) is 0 Å². The zero-order valence-electron chi connectivity index (χ0n) is 8.38. The fourth-order valence-corrected chi connectivity index (χ4v) is 0.989. The van der Waals surface area contributed by atoms with Gasteiger partial charge < -0.3 is 5.32 Å². The number of hydrogen-bond donors (Lipinski definition) is 3. The molecule has 0 aliphatic carbocycles. The van der Waals surface area contributed by atoms with Crippen molar-refractivity contribution in [3.63, 3.8) is 0 Å². The van der Waals surface area contributed by atoms with E-state index in [1.54, 1.807) is 0 Å². The lowest BCUT2D eigenvalue weighted by Crippen LogP contribution is -2.48. The van der Waals surface area contributed by atoms with Gasteiger partial charge in [-0.05, 0) is 6.42 Å². The Labute approximate surface area is 83.7 Å². The number of carbonyl (C=O) groups excluding carboxylic acids is 2. The van der Waals surface area contributed by atoms with Crippen LogP contribution in [0.1, 0.15) is 19.8 Å². The summed E-state index contributed by atoms with van der Waals surface area (Å²) in [5.41, 5.74) is 2.32. The van der Waals surface area contributed by atoms with Crippen LogP contribution in [0.5, 0.6) is 0 Å². The molecule has 80 valence electrons. The minimum absolute atomic E-state index is 0.286. The molecule has 5 heteroatoms. The van der Waals surface area contributed by atoms with Crippen molar-refractivity contribution in [2.45, 2.75) is 25.8 Å². The van der Waals surface area contributed by atoms with E-state index in [1.165, 1.54) is 6.08 Å². The molecule has 0 saturated heterocycles. The number of amides is 1. The number of Topliss-reactive ketones (excluding diaryl/α,β-unsaturated/α-hetero) is 1. The topological polar surface area (TPSA) is 84.2 Å². The molecule has 0 rings (SSSR count). The van der Waals surface area contributed by atoms with E-state index in [4.69, 9.17) is 5.84 Å². The molecular formula is C9H17N3O2. The van der Waals surface area contributed by atoms with Gasteiger partial charge in [0.05, 0.1) is 6.04 Å². The lowest BCUT2D eigenvalue weighted by Gasteiger charge is -2.12. The molecule has 0 aliphatic rings. The first-order chi connectivity index (χ1) is 6.67. The number of carbonyl (C=O) groups is 2. The zero-order chi connectivity index (χ0) is 11.0. The van der Waals surface area contributed by atoms with E-state index in [-0.39, 0.29) is 6.54 Å². The van der Waals surface area contributed by atoms with Crippen LogP contribution in [0.15, 0.2) is 12.7 Å². The molecule has 0 spiro atoms. The largest absolute Gasteiger partial charge is 0.346 e. The summed E-state index contributed by atoms with van der Waals surface area (Å²) in [4.78, 5) is 22.6. The second-order valence-corrected chi connectivity index (χ2v) is 2.87. The molecule has 0 fully saturated rings. The van der Waals surface area contributed by atoms with E-state index in [0.29, 0.717) is 6.42 Å². The molecular weight excluding hydrogens is 182 g/mol. The second kappa shape index (κ2) is 7.23. The highest BCUT2D eigenvalue weighted by Gasteiger charge is 2.22. The van der Waals surface area contributed by atoms with Crippen LogP contribution < -0.4 is 16.6 Å². The second-order valence-electron chi connectivity index (χ2n) is 2.87. The summed E-state index contributed by atoms with van der Waals surface area (Å²) in [6.07, 6.45) is 2.85. The van der Waals surface area contributed by atoms with Gasteiger partial charge in [0.1, 0.15) is 0 Å². The highest BCUT2D eigenvalue weighted by atomic mass is 16.2. The molecule has 0 aromatic carbocycles. The number of nitrogens with one attached hydrogen (secondary N) is 2. The summed E-state index contributed by atoms with van der Waals surface area (Å²) in [6.45, 7) is 5.63. The average Bonchev–Trinajstić information content (AvgIpc) is 2.21. The van der Waals surface area contributed by atoms with Crippen LogP contribution in [0, 0.1) is 0 Å². The fraction of sp³-hybridized carbons (Fsp3) is 0.556. The number of nitrogens with two attached hydrogens (primary N) is 1. The van der Waals surface area contributed by atoms with E-state index < -0.39 is 17.7 Å². The predicted octanol–water partition coefficient (Wildman–Crippen LogP) is -0.510. The van der Waals surface area contributed by atoms with Crippen molar-refractivity contribution in [1.82, 2.24) is 10.7 Å². The van der Waals surface area contributed by atoms with Gasteiger partial charge >= 0.3 is 0 Å².